The van der Waals surface area contributed by atoms with Crippen LogP contribution in [0.5, 0.6) is 0 Å². The predicted molar refractivity (Wildman–Crippen MR) is 137 cm³/mol. The van der Waals surface area contributed by atoms with Gasteiger partial charge in [0.05, 0.1) is 25.6 Å². The van der Waals surface area contributed by atoms with Crippen LogP contribution in [-0.4, -0.2) is 31.1 Å². The number of hydrogen-bond donors (Lipinski definition) is 1. The van der Waals surface area contributed by atoms with Gasteiger partial charge in [-0.25, -0.2) is 4.79 Å². The van der Waals surface area contributed by atoms with Crippen LogP contribution in [0.1, 0.15) is 65.0 Å². The van der Waals surface area contributed by atoms with Crippen molar-refractivity contribution in [3.63, 3.8) is 0 Å². The van der Waals surface area contributed by atoms with E-state index < -0.39 is 10.9 Å². The molecular weight excluding hydrogens is 543 g/mol. The van der Waals surface area contributed by atoms with Crippen molar-refractivity contribution in [2.45, 2.75) is 53.9 Å². The van der Waals surface area contributed by atoms with Crippen molar-refractivity contribution in [3.05, 3.63) is 75.8 Å². The quantitative estimate of drug-likeness (QED) is 0.0991. The second-order valence-electron chi connectivity index (χ2n) is 6.91. The van der Waals surface area contributed by atoms with E-state index in [0.29, 0.717) is 24.0 Å². The molecule has 0 bridgehead atoms. The van der Waals surface area contributed by atoms with Crippen LogP contribution >= 0.6 is 0 Å². The first-order valence-electron chi connectivity index (χ1n) is 10.2. The Morgan fingerprint density at radius 3 is 2.17 bits per heavy atom. The number of rotatable bonds is 8. The van der Waals surface area contributed by atoms with E-state index in [1.807, 2.05) is 31.2 Å². The number of nitrogens with two attached hydrogens (primary N) is 1. The van der Waals surface area contributed by atoms with E-state index in [0.717, 1.165) is 17.7 Å². The summed E-state index contributed by atoms with van der Waals surface area (Å²) in [7, 11) is 2.70. The minimum Gasteiger partial charge on any atom is -0.469 e. The fourth-order valence-corrected chi connectivity index (χ4v) is 3.01. The van der Waals surface area contributed by atoms with Gasteiger partial charge in [0, 0.05) is 44.3 Å². The van der Waals surface area contributed by atoms with E-state index >= 15 is 0 Å². The first-order chi connectivity index (χ1) is 15.2. The number of anilines is 1. The number of carbonyl (C=O) groups is 2. The van der Waals surface area contributed by atoms with Gasteiger partial charge in [-0.3, -0.25) is 14.9 Å². The van der Waals surface area contributed by atoms with Crippen LogP contribution in [0.15, 0.2) is 54.6 Å². The number of methoxy groups -OCH3 is 2. The third kappa shape index (κ3) is 12.9. The molecule has 0 aliphatic heterocycles. The van der Waals surface area contributed by atoms with Crippen molar-refractivity contribution >= 4 is 28.9 Å². The van der Waals surface area contributed by atoms with Gasteiger partial charge in [-0.15, -0.1) is 0 Å². The number of benzene rings is 2. The molecule has 0 heterocycles. The molecule has 0 fully saturated rings. The molecule has 0 saturated carbocycles. The molecule has 2 aromatic carbocycles. The smallest absolute Gasteiger partial charge is 0.330 e. The molecule has 2 rings (SSSR count). The molecule has 0 spiro atoms. The summed E-state index contributed by atoms with van der Waals surface area (Å²) in [5.74, 6) is -0.446. The first kappa shape index (κ1) is 36.5. The van der Waals surface area contributed by atoms with Crippen molar-refractivity contribution in [2.24, 2.45) is 0 Å². The molecule has 0 aromatic heterocycles. The molecule has 198 valence electrons. The van der Waals surface area contributed by atoms with Crippen LogP contribution in [0, 0.1) is 10.1 Å². The van der Waals surface area contributed by atoms with Gasteiger partial charge in [-0.1, -0.05) is 53.0 Å². The number of nitro benzene ring substituents is 1. The molecule has 2 N–H and O–H groups in total. The summed E-state index contributed by atoms with van der Waals surface area (Å²) in [4.78, 5) is 32.5. The van der Waals surface area contributed by atoms with Gasteiger partial charge >= 0.3 is 11.9 Å². The largest absolute Gasteiger partial charge is 0.469 e. The normalized spacial score (nSPS) is 10.6. The number of allylic oxidation sites excluding steroid dienone is 1. The molecule has 1 atom stereocenters. The SMILES string of the molecule is C.C.CC/C(=C\C(=O)OC)c1cccc([N+](=O)[O-])c1.CCC(CC(=O)OC)c1cccc(N)c1.[Pd]. The van der Waals surface area contributed by atoms with Gasteiger partial charge < -0.3 is 15.2 Å². The molecule has 0 amide bonds. The van der Waals surface area contributed by atoms with E-state index in [1.165, 1.54) is 32.4 Å². The molecular formula is C26H38N2O6Pd. The second-order valence-corrected chi connectivity index (χ2v) is 6.91. The monoisotopic (exact) mass is 580 g/mol. The zero-order valence-electron chi connectivity index (χ0n) is 19.2. The van der Waals surface area contributed by atoms with Crippen molar-refractivity contribution < 1.29 is 44.4 Å². The molecule has 0 aliphatic carbocycles. The molecule has 2 aromatic rings. The van der Waals surface area contributed by atoms with Gasteiger partial charge in [-0.2, -0.15) is 0 Å². The fraction of sp³-hybridized carbons (Fsp3) is 0.385. The second kappa shape index (κ2) is 19.3. The van der Waals surface area contributed by atoms with Gasteiger partial charge in [-0.05, 0) is 47.6 Å². The summed E-state index contributed by atoms with van der Waals surface area (Å²) in [6.07, 6.45) is 3.25. The van der Waals surface area contributed by atoms with Crippen molar-refractivity contribution in [1.29, 1.82) is 0 Å². The third-order valence-electron chi connectivity index (χ3n) is 4.82. The van der Waals surface area contributed by atoms with Crippen LogP contribution in [0.2, 0.25) is 0 Å². The van der Waals surface area contributed by atoms with Crippen molar-refractivity contribution in [3.8, 4) is 0 Å². The maximum absolute atomic E-state index is 11.2. The summed E-state index contributed by atoms with van der Waals surface area (Å²) in [5, 5.41) is 10.6. The Bertz CT molecular complexity index is 962. The Balaban J connectivity index is -0.000000542. The number of ether oxygens (including phenoxy) is 2. The summed E-state index contributed by atoms with van der Waals surface area (Å²) in [5.41, 5.74) is 8.90. The summed E-state index contributed by atoms with van der Waals surface area (Å²) >= 11 is 0. The third-order valence-corrected chi connectivity index (χ3v) is 4.82. The Morgan fingerprint density at radius 1 is 1.06 bits per heavy atom. The van der Waals surface area contributed by atoms with Crippen LogP contribution in [-0.2, 0) is 39.5 Å². The number of hydrogen-bond acceptors (Lipinski definition) is 7. The van der Waals surface area contributed by atoms with Crippen LogP contribution in [0.25, 0.3) is 5.57 Å². The molecule has 0 aliphatic rings. The van der Waals surface area contributed by atoms with Crippen LogP contribution in [0.4, 0.5) is 11.4 Å². The minimum atomic E-state index is -0.464. The standard InChI is InChI=1S/C12H13NO4.C12H17NO2.2CH4.Pd/c1-3-9(8-12(14)17-2)10-5-4-6-11(7-10)13(15)16;1-3-9(8-12(14)15-2)10-5-4-6-11(13)7-10;;;/h4-8H,3H2,1-2H3;4-7,9H,3,8,13H2,1-2H3;2*1H4;/b9-8+;;;;. The number of esters is 2. The zero-order valence-corrected chi connectivity index (χ0v) is 20.7. The predicted octanol–water partition coefficient (Wildman–Crippen LogP) is 6.16. The van der Waals surface area contributed by atoms with Gasteiger partial charge in [0.25, 0.3) is 5.69 Å². The van der Waals surface area contributed by atoms with E-state index in [-0.39, 0.29) is 52.9 Å². The molecule has 0 saturated heterocycles. The molecule has 0 radical (unpaired) electrons. The van der Waals surface area contributed by atoms with Crippen molar-refractivity contribution in [2.75, 3.05) is 20.0 Å². The maximum atomic E-state index is 11.2. The minimum absolute atomic E-state index is 0. The fourth-order valence-electron chi connectivity index (χ4n) is 3.01. The van der Waals surface area contributed by atoms with E-state index in [4.69, 9.17) is 5.73 Å². The summed E-state index contributed by atoms with van der Waals surface area (Å²) in [6.45, 7) is 3.92. The Kier molecular flexibility index (Phi) is 20.2. The van der Waals surface area contributed by atoms with Crippen molar-refractivity contribution in [1.82, 2.24) is 0 Å². The van der Waals surface area contributed by atoms with Gasteiger partial charge in [0.1, 0.15) is 0 Å². The Morgan fingerprint density at radius 2 is 1.69 bits per heavy atom. The van der Waals surface area contributed by atoms with Gasteiger partial charge in [0.2, 0.25) is 0 Å². The maximum Gasteiger partial charge on any atom is 0.330 e. The topological polar surface area (TPSA) is 122 Å². The molecule has 8 nitrogen and oxygen atoms in total. The number of carbonyl (C=O) groups excluding carboxylic acids is 2. The molecule has 1 unspecified atom stereocenters. The average Bonchev–Trinajstić information content (AvgIpc) is 2.80. The Hall–Kier alpha value is -3.02. The summed E-state index contributed by atoms with van der Waals surface area (Å²) < 4.78 is 9.20. The molecule has 35 heavy (non-hydrogen) atoms. The Labute approximate surface area is 222 Å². The number of nitrogen functional groups attached to an aromatic ring is 1. The number of non-ortho nitro benzene ring substituents is 1. The van der Waals surface area contributed by atoms with E-state index in [2.05, 4.69) is 16.4 Å². The van der Waals surface area contributed by atoms with Crippen LogP contribution in [0.3, 0.4) is 0 Å². The average molecular weight is 581 g/mol. The molecule has 9 heteroatoms. The number of nitro groups is 1. The zero-order chi connectivity index (χ0) is 24.1. The van der Waals surface area contributed by atoms with E-state index in [1.54, 1.807) is 12.1 Å². The first-order valence-corrected chi connectivity index (χ1v) is 10.2. The van der Waals surface area contributed by atoms with Gasteiger partial charge in [0.15, 0.2) is 0 Å². The van der Waals surface area contributed by atoms with Crippen LogP contribution < -0.4 is 5.73 Å². The summed E-state index contributed by atoms with van der Waals surface area (Å²) in [6, 6.07) is 13.8. The van der Waals surface area contributed by atoms with E-state index in [9.17, 15) is 19.7 Å². The number of nitrogens with zero attached hydrogens (tertiary/aromatic N) is 1.